The highest BCUT2D eigenvalue weighted by Gasteiger charge is 2.23. The van der Waals surface area contributed by atoms with Crippen molar-refractivity contribution in [3.63, 3.8) is 0 Å². The van der Waals surface area contributed by atoms with Gasteiger partial charge in [-0.1, -0.05) is 50.3 Å². The molecule has 138 valence electrons. The minimum Gasteiger partial charge on any atom is -0.255 e. The summed E-state index contributed by atoms with van der Waals surface area (Å²) in [7, 11) is -1.17. The first kappa shape index (κ1) is 19.7. The van der Waals surface area contributed by atoms with E-state index in [2.05, 4.69) is 59.6 Å². The van der Waals surface area contributed by atoms with Crippen molar-refractivity contribution in [3.8, 4) is 21.1 Å². The van der Waals surface area contributed by atoms with Crippen LogP contribution in [0.3, 0.4) is 0 Å². The smallest absolute Gasteiger partial charge is 0.0932 e. The van der Waals surface area contributed by atoms with E-state index in [0.29, 0.717) is 0 Å². The molecule has 0 saturated carbocycles. The van der Waals surface area contributed by atoms with E-state index in [4.69, 9.17) is 0 Å². The van der Waals surface area contributed by atoms with Crippen LogP contribution in [0.15, 0.2) is 78.4 Å². The molecule has 27 heavy (non-hydrogen) atoms. The Labute approximate surface area is 170 Å². The fourth-order valence-corrected chi connectivity index (χ4v) is 6.64. The third kappa shape index (κ3) is 5.22. The fraction of sp³-hybridized carbons (Fsp3) is 0.182. The Morgan fingerprint density at radius 3 is 1.96 bits per heavy atom. The van der Waals surface area contributed by atoms with Crippen LogP contribution in [0.25, 0.3) is 21.1 Å². The zero-order chi connectivity index (χ0) is 19.1. The van der Waals surface area contributed by atoms with Gasteiger partial charge in [-0.05, 0) is 46.3 Å². The summed E-state index contributed by atoms with van der Waals surface area (Å²) in [4.78, 5) is 11.2. The zero-order valence-electron chi connectivity index (χ0n) is 15.9. The van der Waals surface area contributed by atoms with Gasteiger partial charge in [0.25, 0.3) is 0 Å². The molecule has 0 bridgehead atoms. The Morgan fingerprint density at radius 1 is 0.778 bits per heavy atom. The van der Waals surface area contributed by atoms with E-state index in [1.54, 1.807) is 15.8 Å². The first-order valence-electron chi connectivity index (χ1n) is 9.07. The lowest BCUT2D eigenvalue weighted by Gasteiger charge is -2.17. The number of hydrogen-bond donors (Lipinski definition) is 0. The summed E-state index contributed by atoms with van der Waals surface area (Å²) in [6.45, 7) is 7.16. The van der Waals surface area contributed by atoms with Crippen LogP contribution in [0, 0.1) is 0 Å². The second kappa shape index (κ2) is 9.22. The van der Waals surface area contributed by atoms with Crippen molar-refractivity contribution < 1.29 is 0 Å². The van der Waals surface area contributed by atoms with Gasteiger partial charge in [0.2, 0.25) is 0 Å². The maximum absolute atomic E-state index is 4.40. The molecular formula is C22H24N2S2Si. The molecular weight excluding hydrogens is 384 g/mol. The molecule has 4 aromatic heterocycles. The molecule has 0 N–H and O–H groups in total. The van der Waals surface area contributed by atoms with Gasteiger partial charge in [-0.3, -0.25) is 9.97 Å². The van der Waals surface area contributed by atoms with Gasteiger partial charge < -0.3 is 0 Å². The molecule has 4 rings (SSSR count). The predicted octanol–water partition coefficient (Wildman–Crippen LogP) is 6.56. The lowest BCUT2D eigenvalue weighted by molar-refractivity contribution is 1.34. The minimum absolute atomic E-state index is 1.06. The normalized spacial score (nSPS) is 10.9. The van der Waals surface area contributed by atoms with E-state index in [1.165, 1.54) is 15.8 Å². The SMILES string of the molecule is CC[Si](C)(C)c1ccc(-c2ccccn2)s1.c1ccc(-c2cccs2)nc1. The molecule has 4 aromatic rings. The summed E-state index contributed by atoms with van der Waals surface area (Å²) in [5, 5.41) is 2.06. The molecule has 0 amide bonds. The highest BCUT2D eigenvalue weighted by atomic mass is 32.1. The number of thiophene rings is 2. The molecule has 5 heteroatoms. The van der Waals surface area contributed by atoms with Gasteiger partial charge in [0.05, 0.1) is 29.2 Å². The molecule has 0 spiro atoms. The summed E-state index contributed by atoms with van der Waals surface area (Å²) in [5.74, 6) is 0. The number of aromatic nitrogens is 2. The van der Waals surface area contributed by atoms with Crippen molar-refractivity contribution in [1.29, 1.82) is 0 Å². The quantitative estimate of drug-likeness (QED) is 0.358. The van der Waals surface area contributed by atoms with Crippen molar-refractivity contribution >= 4 is 35.2 Å². The molecule has 0 fully saturated rings. The highest BCUT2D eigenvalue weighted by Crippen LogP contribution is 2.24. The Morgan fingerprint density at radius 2 is 1.44 bits per heavy atom. The zero-order valence-corrected chi connectivity index (χ0v) is 18.6. The van der Waals surface area contributed by atoms with Crippen molar-refractivity contribution in [1.82, 2.24) is 9.97 Å². The van der Waals surface area contributed by atoms with E-state index in [-0.39, 0.29) is 0 Å². The van der Waals surface area contributed by atoms with E-state index >= 15 is 0 Å². The fourth-order valence-electron chi connectivity index (χ4n) is 2.45. The molecule has 0 aliphatic heterocycles. The van der Waals surface area contributed by atoms with Crippen LogP contribution < -0.4 is 4.50 Å². The number of hydrogen-bond acceptors (Lipinski definition) is 4. The van der Waals surface area contributed by atoms with Gasteiger partial charge >= 0.3 is 0 Å². The molecule has 0 aliphatic rings. The predicted molar refractivity (Wildman–Crippen MR) is 123 cm³/mol. The summed E-state index contributed by atoms with van der Waals surface area (Å²) < 4.78 is 1.58. The Balaban J connectivity index is 0.000000166. The van der Waals surface area contributed by atoms with Gasteiger partial charge in [-0.15, -0.1) is 22.7 Å². The Hall–Kier alpha value is -2.08. The maximum Gasteiger partial charge on any atom is 0.0932 e. The molecule has 0 radical (unpaired) electrons. The lowest BCUT2D eigenvalue weighted by Crippen LogP contribution is -2.37. The summed E-state index contributed by atoms with van der Waals surface area (Å²) in [6.07, 6.45) is 3.67. The average Bonchev–Trinajstić information content (AvgIpc) is 3.42. The molecule has 0 atom stereocenters. The number of rotatable bonds is 4. The standard InChI is InChI=1S/C13H17NSSi.C9H7NS/c1-4-16(2,3)13-9-8-12(15-13)11-7-5-6-10-14-11;1-2-6-10-8(4-1)9-5-3-7-11-9/h5-10H,4H2,1-3H3;1-7H. The van der Waals surface area contributed by atoms with Crippen molar-refractivity contribution in [2.75, 3.05) is 0 Å². The molecule has 0 unspecified atom stereocenters. The third-order valence-corrected chi connectivity index (χ3v) is 11.6. The first-order valence-corrected chi connectivity index (χ1v) is 14.0. The first-order chi connectivity index (χ1) is 13.1. The van der Waals surface area contributed by atoms with Crippen LogP contribution in [0.1, 0.15) is 6.92 Å². The van der Waals surface area contributed by atoms with Gasteiger partial charge in [0.1, 0.15) is 0 Å². The minimum atomic E-state index is -1.17. The molecule has 0 aliphatic carbocycles. The molecule has 0 aromatic carbocycles. The molecule has 0 saturated heterocycles. The van der Waals surface area contributed by atoms with E-state index in [0.717, 1.165) is 11.4 Å². The number of pyridine rings is 2. The molecule has 4 heterocycles. The third-order valence-electron chi connectivity index (χ3n) is 4.51. The topological polar surface area (TPSA) is 25.8 Å². The van der Waals surface area contributed by atoms with Crippen LogP contribution >= 0.6 is 22.7 Å². The van der Waals surface area contributed by atoms with Crippen LogP contribution in [0.4, 0.5) is 0 Å². The maximum atomic E-state index is 4.40. The molecule has 2 nitrogen and oxygen atoms in total. The van der Waals surface area contributed by atoms with Crippen molar-refractivity contribution in [2.45, 2.75) is 26.1 Å². The lowest BCUT2D eigenvalue weighted by atomic mass is 10.3. The van der Waals surface area contributed by atoms with Crippen LogP contribution in [0.2, 0.25) is 19.1 Å². The van der Waals surface area contributed by atoms with E-state index in [9.17, 15) is 0 Å². The van der Waals surface area contributed by atoms with Crippen molar-refractivity contribution in [3.05, 3.63) is 78.4 Å². The van der Waals surface area contributed by atoms with Crippen molar-refractivity contribution in [2.24, 2.45) is 0 Å². The largest absolute Gasteiger partial charge is 0.255 e. The summed E-state index contributed by atoms with van der Waals surface area (Å²) >= 11 is 3.63. The Bertz CT molecular complexity index is 933. The van der Waals surface area contributed by atoms with Gasteiger partial charge in [-0.2, -0.15) is 0 Å². The van der Waals surface area contributed by atoms with Gasteiger partial charge in [-0.25, -0.2) is 0 Å². The van der Waals surface area contributed by atoms with Gasteiger partial charge in [0, 0.05) is 12.4 Å². The van der Waals surface area contributed by atoms with E-state index in [1.807, 2.05) is 60.1 Å². The number of nitrogens with zero attached hydrogens (tertiary/aromatic N) is 2. The summed E-state index contributed by atoms with van der Waals surface area (Å²) in [5.41, 5.74) is 2.15. The van der Waals surface area contributed by atoms with Gasteiger partial charge in [0.15, 0.2) is 0 Å². The Kier molecular flexibility index (Phi) is 6.72. The summed E-state index contributed by atoms with van der Waals surface area (Å²) in [6, 6.07) is 22.0. The second-order valence-corrected chi connectivity index (χ2v) is 14.2. The van der Waals surface area contributed by atoms with E-state index < -0.39 is 8.07 Å². The average molecular weight is 409 g/mol. The highest BCUT2D eigenvalue weighted by molar-refractivity contribution is 7.28. The van der Waals surface area contributed by atoms with Crippen LogP contribution in [-0.4, -0.2) is 18.0 Å². The van der Waals surface area contributed by atoms with Crippen LogP contribution in [-0.2, 0) is 0 Å². The van der Waals surface area contributed by atoms with Crippen LogP contribution in [0.5, 0.6) is 0 Å². The monoisotopic (exact) mass is 408 g/mol. The second-order valence-electron chi connectivity index (χ2n) is 6.81.